The van der Waals surface area contributed by atoms with Crippen molar-refractivity contribution in [2.45, 2.75) is 0 Å². The van der Waals surface area contributed by atoms with Gasteiger partial charge in [-0.05, 0) is 35.4 Å². The highest BCUT2D eigenvalue weighted by Gasteiger charge is 2.18. The number of halogens is 1. The first-order valence-corrected chi connectivity index (χ1v) is 15.7. The molecule has 0 saturated heterocycles. The topological polar surface area (TPSA) is 64.5 Å². The van der Waals surface area contributed by atoms with Gasteiger partial charge in [-0.25, -0.2) is 24.9 Å². The summed E-state index contributed by atoms with van der Waals surface area (Å²) in [5.41, 5.74) is 8.24. The normalized spacial score (nSPS) is 11.1. The van der Waals surface area contributed by atoms with E-state index in [1.165, 1.54) is 0 Å². The van der Waals surface area contributed by atoms with Gasteiger partial charge in [0.2, 0.25) is 0 Å². The van der Waals surface area contributed by atoms with Crippen molar-refractivity contribution < 1.29 is 0 Å². The lowest BCUT2D eigenvalue weighted by atomic mass is 9.97. The minimum Gasteiger partial charge on any atom is -0.228 e. The van der Waals surface area contributed by atoms with Gasteiger partial charge >= 0.3 is 0 Å². The zero-order valence-electron chi connectivity index (χ0n) is 25.1. The van der Waals surface area contributed by atoms with E-state index < -0.39 is 0 Å². The van der Waals surface area contributed by atoms with Crippen LogP contribution in [0.4, 0.5) is 0 Å². The number of hydrogen-bond acceptors (Lipinski definition) is 5. The molecule has 222 valence electrons. The van der Waals surface area contributed by atoms with E-state index in [-0.39, 0.29) is 0 Å². The Hall–Kier alpha value is -6.04. The van der Waals surface area contributed by atoms with Crippen LogP contribution in [0.15, 0.2) is 158 Å². The van der Waals surface area contributed by atoms with Crippen molar-refractivity contribution in [2.24, 2.45) is 0 Å². The summed E-state index contributed by atoms with van der Waals surface area (Å²) in [4.78, 5) is 24.9. The lowest BCUT2D eigenvalue weighted by Crippen LogP contribution is -2.01. The van der Waals surface area contributed by atoms with Gasteiger partial charge in [-0.1, -0.05) is 145 Å². The third kappa shape index (κ3) is 5.76. The Morgan fingerprint density at radius 2 is 0.872 bits per heavy atom. The first kappa shape index (κ1) is 28.4. The highest BCUT2D eigenvalue weighted by Crippen LogP contribution is 2.36. The van der Waals surface area contributed by atoms with Crippen LogP contribution in [-0.4, -0.2) is 24.9 Å². The average Bonchev–Trinajstić information content (AvgIpc) is 3.15. The summed E-state index contributed by atoms with van der Waals surface area (Å²) >= 11 is 6.63. The second kappa shape index (κ2) is 12.4. The Bertz CT molecular complexity index is 2300. The molecule has 6 aromatic carbocycles. The third-order valence-corrected chi connectivity index (χ3v) is 8.24. The van der Waals surface area contributed by atoms with Gasteiger partial charge in [-0.15, -0.1) is 0 Å². The Morgan fingerprint density at radius 3 is 1.55 bits per heavy atom. The van der Waals surface area contributed by atoms with Gasteiger partial charge in [-0.2, -0.15) is 0 Å². The first-order chi connectivity index (χ1) is 23.2. The molecule has 47 heavy (non-hydrogen) atoms. The maximum atomic E-state index is 6.63. The van der Waals surface area contributed by atoms with Crippen LogP contribution in [0.5, 0.6) is 0 Å². The summed E-state index contributed by atoms with van der Waals surface area (Å²) in [6.45, 7) is 0. The Balaban J connectivity index is 1.29. The quantitative estimate of drug-likeness (QED) is 0.184. The maximum Gasteiger partial charge on any atom is 0.164 e. The number of aromatic nitrogens is 5. The lowest BCUT2D eigenvalue weighted by molar-refractivity contribution is 1.07. The molecule has 0 atom stereocenters. The van der Waals surface area contributed by atoms with Crippen LogP contribution in [0, 0.1) is 0 Å². The predicted molar refractivity (Wildman–Crippen MR) is 191 cm³/mol. The number of benzene rings is 6. The molecular weight excluding hydrogens is 598 g/mol. The lowest BCUT2D eigenvalue weighted by Gasteiger charge is -2.14. The van der Waals surface area contributed by atoms with Crippen LogP contribution in [0.2, 0.25) is 5.02 Å². The molecular formula is C41H26ClN5. The number of hydrogen-bond donors (Lipinski definition) is 0. The van der Waals surface area contributed by atoms with Gasteiger partial charge in [0.1, 0.15) is 0 Å². The summed E-state index contributed by atoms with van der Waals surface area (Å²) < 4.78 is 0. The number of fused-ring (bicyclic) bond motifs is 1. The van der Waals surface area contributed by atoms with Gasteiger partial charge in [0.25, 0.3) is 0 Å². The molecule has 0 spiro atoms. The summed E-state index contributed by atoms with van der Waals surface area (Å²) in [5, 5.41) is 1.60. The van der Waals surface area contributed by atoms with Gasteiger partial charge in [0.15, 0.2) is 23.3 Å². The van der Waals surface area contributed by atoms with Crippen molar-refractivity contribution in [3.05, 3.63) is 163 Å². The fourth-order valence-electron chi connectivity index (χ4n) is 5.73. The van der Waals surface area contributed by atoms with Crippen molar-refractivity contribution in [3.63, 3.8) is 0 Å². The number of para-hydroxylation sites is 1. The summed E-state index contributed by atoms with van der Waals surface area (Å²) in [5.74, 6) is 2.37. The molecule has 0 aliphatic carbocycles. The van der Waals surface area contributed by atoms with Crippen LogP contribution in [-0.2, 0) is 0 Å². The molecule has 8 rings (SSSR count). The molecule has 8 aromatic rings. The second-order valence-electron chi connectivity index (χ2n) is 11.1. The molecule has 0 aliphatic rings. The summed E-state index contributed by atoms with van der Waals surface area (Å²) in [7, 11) is 0. The highest BCUT2D eigenvalue weighted by atomic mass is 35.5. The van der Waals surface area contributed by atoms with Crippen molar-refractivity contribution in [2.75, 3.05) is 0 Å². The molecule has 0 amide bonds. The van der Waals surface area contributed by atoms with Gasteiger partial charge in [0.05, 0.1) is 11.2 Å². The van der Waals surface area contributed by atoms with E-state index in [0.717, 1.165) is 55.5 Å². The van der Waals surface area contributed by atoms with E-state index >= 15 is 0 Å². The van der Waals surface area contributed by atoms with Gasteiger partial charge in [-0.3, -0.25) is 0 Å². The Kier molecular flexibility index (Phi) is 7.50. The fourth-order valence-corrected chi connectivity index (χ4v) is 5.90. The van der Waals surface area contributed by atoms with E-state index in [0.29, 0.717) is 28.3 Å². The van der Waals surface area contributed by atoms with Crippen molar-refractivity contribution >= 4 is 22.5 Å². The molecule has 0 bridgehead atoms. The molecule has 0 radical (unpaired) electrons. The minimum atomic E-state index is 0.536. The van der Waals surface area contributed by atoms with Crippen LogP contribution in [0.3, 0.4) is 0 Å². The zero-order chi connectivity index (χ0) is 31.6. The van der Waals surface area contributed by atoms with Crippen molar-refractivity contribution in [3.8, 4) is 67.9 Å². The zero-order valence-corrected chi connectivity index (χ0v) is 25.9. The van der Waals surface area contributed by atoms with Gasteiger partial charge < -0.3 is 0 Å². The standard InChI is InChI=1S/C41H26ClN5/c42-32-23-24-33(35(26-32)41-46-38(28-15-6-2-7-16-28)45-39(47-41)29-17-8-3-9-18-29)30-19-12-20-31(25-30)40-43-36-22-11-10-21-34(36)37(44-40)27-13-4-1-5-14-27/h1-26H. The van der Waals surface area contributed by atoms with E-state index in [9.17, 15) is 0 Å². The van der Waals surface area contributed by atoms with Crippen LogP contribution < -0.4 is 0 Å². The first-order valence-electron chi connectivity index (χ1n) is 15.3. The van der Waals surface area contributed by atoms with Crippen molar-refractivity contribution in [1.29, 1.82) is 0 Å². The largest absolute Gasteiger partial charge is 0.228 e. The SMILES string of the molecule is Clc1ccc(-c2cccc(-c3nc(-c4ccccc4)c4ccccc4n3)c2)c(-c2nc(-c3ccccc3)nc(-c3ccccc3)n2)c1. The molecule has 2 heterocycles. The number of nitrogens with zero attached hydrogens (tertiary/aromatic N) is 5. The Labute approximate surface area is 277 Å². The fraction of sp³-hybridized carbons (Fsp3) is 0. The maximum absolute atomic E-state index is 6.63. The Morgan fingerprint density at radius 1 is 0.340 bits per heavy atom. The van der Waals surface area contributed by atoms with Crippen LogP contribution >= 0.6 is 11.6 Å². The number of rotatable bonds is 6. The van der Waals surface area contributed by atoms with E-state index in [1.54, 1.807) is 0 Å². The molecule has 2 aromatic heterocycles. The molecule has 5 nitrogen and oxygen atoms in total. The molecule has 0 aliphatic heterocycles. The minimum absolute atomic E-state index is 0.536. The second-order valence-corrected chi connectivity index (χ2v) is 11.5. The van der Waals surface area contributed by atoms with Crippen LogP contribution in [0.1, 0.15) is 0 Å². The molecule has 0 N–H and O–H groups in total. The van der Waals surface area contributed by atoms with Crippen molar-refractivity contribution in [1.82, 2.24) is 24.9 Å². The van der Waals surface area contributed by atoms with E-state index in [1.807, 2.05) is 127 Å². The summed E-state index contributed by atoms with van der Waals surface area (Å²) in [6.07, 6.45) is 0. The van der Waals surface area contributed by atoms with Crippen LogP contribution in [0.25, 0.3) is 78.8 Å². The van der Waals surface area contributed by atoms with E-state index in [4.69, 9.17) is 36.5 Å². The average molecular weight is 624 g/mol. The van der Waals surface area contributed by atoms with Gasteiger partial charge in [0, 0.05) is 38.2 Å². The summed E-state index contributed by atoms with van der Waals surface area (Å²) in [6, 6.07) is 52.4. The molecule has 0 saturated carbocycles. The smallest absolute Gasteiger partial charge is 0.164 e. The molecule has 0 unspecified atom stereocenters. The third-order valence-electron chi connectivity index (χ3n) is 8.00. The monoisotopic (exact) mass is 623 g/mol. The molecule has 6 heteroatoms. The predicted octanol–water partition coefficient (Wildman–Crippen LogP) is 10.5. The highest BCUT2D eigenvalue weighted by molar-refractivity contribution is 6.31. The van der Waals surface area contributed by atoms with E-state index in [2.05, 4.69) is 30.3 Å². The molecule has 0 fully saturated rings.